The van der Waals surface area contributed by atoms with Gasteiger partial charge in [0.1, 0.15) is 11.0 Å². The molecule has 0 saturated carbocycles. The topological polar surface area (TPSA) is 59.6 Å². The minimum atomic E-state index is -1.25. The molecule has 3 aromatic rings. The monoisotopic (exact) mass is 413 g/mol. The van der Waals surface area contributed by atoms with Crippen molar-refractivity contribution in [3.63, 3.8) is 0 Å². The van der Waals surface area contributed by atoms with Crippen molar-refractivity contribution in [2.45, 2.75) is 30.3 Å². The van der Waals surface area contributed by atoms with E-state index in [1.54, 1.807) is 6.07 Å². The first kappa shape index (κ1) is 18.8. The molecule has 2 aliphatic rings. The molecule has 29 heavy (non-hydrogen) atoms. The highest BCUT2D eigenvalue weighted by atomic mass is 32.2. The Morgan fingerprint density at radius 2 is 1.90 bits per heavy atom. The van der Waals surface area contributed by atoms with Gasteiger partial charge in [-0.2, -0.15) is 0 Å². The van der Waals surface area contributed by atoms with Crippen LogP contribution in [0.1, 0.15) is 19.3 Å². The minimum absolute atomic E-state index is 0.300. The van der Waals surface area contributed by atoms with Crippen LogP contribution in [0.15, 0.2) is 47.4 Å². The number of para-hydroxylation sites is 1. The number of benzene rings is 2. The van der Waals surface area contributed by atoms with Gasteiger partial charge in [-0.1, -0.05) is 12.1 Å². The fourth-order valence-corrected chi connectivity index (χ4v) is 5.65. The van der Waals surface area contributed by atoms with Crippen molar-refractivity contribution in [2.75, 3.05) is 31.1 Å². The fourth-order valence-electron chi connectivity index (χ4n) is 4.36. The Bertz CT molecular complexity index is 1080. The van der Waals surface area contributed by atoms with Gasteiger partial charge in [-0.25, -0.2) is 12.9 Å². The molecule has 3 heterocycles. The van der Waals surface area contributed by atoms with Crippen LogP contribution in [-0.2, 0) is 11.0 Å². The number of H-pyrrole nitrogens is 1. The van der Waals surface area contributed by atoms with Crippen molar-refractivity contribution in [1.82, 2.24) is 9.29 Å². The lowest BCUT2D eigenvalue weighted by molar-refractivity contribution is 0.198. The fraction of sp³-hybridized carbons (Fsp3) is 0.364. The summed E-state index contributed by atoms with van der Waals surface area (Å²) in [6.45, 7) is 2.87. The summed E-state index contributed by atoms with van der Waals surface area (Å²) in [5, 5.41) is 10.5. The average molecular weight is 414 g/mol. The summed E-state index contributed by atoms with van der Waals surface area (Å²) in [5.41, 5.74) is 2.69. The number of aliphatic hydroxyl groups excluding tert-OH is 1. The Morgan fingerprint density at radius 3 is 2.62 bits per heavy atom. The number of β-amino-alcohol motifs (C(OH)–C–C–N with tert-alkyl or cyclic N) is 1. The summed E-state index contributed by atoms with van der Waals surface area (Å²) in [7, 11) is -1.25. The molecule has 5 rings (SSSR count). The Balaban J connectivity index is 1.64. The van der Waals surface area contributed by atoms with Crippen LogP contribution in [0.5, 0.6) is 0 Å². The van der Waals surface area contributed by atoms with Crippen LogP contribution in [0.2, 0.25) is 0 Å². The van der Waals surface area contributed by atoms with Gasteiger partial charge in [-0.3, -0.25) is 0 Å². The second-order valence-corrected chi connectivity index (χ2v) is 9.30. The Morgan fingerprint density at radius 1 is 1.10 bits per heavy atom. The number of aromatic nitrogens is 1. The van der Waals surface area contributed by atoms with Gasteiger partial charge >= 0.3 is 0 Å². The number of rotatable bonds is 4. The molecular formula is C22H24FN3O2S. The molecule has 2 N–H and O–H groups in total. The number of hydrogen-bond donors (Lipinski definition) is 2. The molecule has 5 nitrogen and oxygen atoms in total. The highest BCUT2D eigenvalue weighted by Gasteiger charge is 2.27. The number of aromatic amines is 1. The summed E-state index contributed by atoms with van der Waals surface area (Å²) in [5.74, 6) is -0.300. The number of anilines is 1. The summed E-state index contributed by atoms with van der Waals surface area (Å²) in [6, 6.07) is 12.9. The summed E-state index contributed by atoms with van der Waals surface area (Å²) in [6.07, 6.45) is 2.42. The van der Waals surface area contributed by atoms with Crippen LogP contribution >= 0.6 is 0 Å². The van der Waals surface area contributed by atoms with E-state index in [0.717, 1.165) is 37.1 Å². The first-order chi connectivity index (χ1) is 14.1. The Hall–Kier alpha value is -2.22. The van der Waals surface area contributed by atoms with Crippen LogP contribution in [0.4, 0.5) is 10.1 Å². The van der Waals surface area contributed by atoms with E-state index in [-0.39, 0.29) is 11.9 Å². The van der Waals surface area contributed by atoms with Crippen LogP contribution in [0, 0.1) is 5.82 Å². The Kier molecular flexibility index (Phi) is 4.89. The van der Waals surface area contributed by atoms with E-state index in [4.69, 9.17) is 0 Å². The standard InChI is InChI=1S/C22H24FN3O2S/c23-21-17-5-1-2-6-19(17)24-22(21)18-13-16(29(28)26-10-3-4-11-26)7-8-20(18)25-12-9-15(27)14-25/h1-2,5-8,13,15,24,27H,3-4,9-12,14H2. The summed E-state index contributed by atoms with van der Waals surface area (Å²) in [4.78, 5) is 5.97. The molecule has 152 valence electrons. The first-order valence-corrected chi connectivity index (χ1v) is 11.2. The summed E-state index contributed by atoms with van der Waals surface area (Å²) < 4.78 is 30.3. The molecule has 0 spiro atoms. The average Bonchev–Trinajstić information content (AvgIpc) is 3.48. The molecule has 2 aromatic carbocycles. The third kappa shape index (κ3) is 3.37. The lowest BCUT2D eigenvalue weighted by Gasteiger charge is -2.23. The van der Waals surface area contributed by atoms with Crippen molar-refractivity contribution < 1.29 is 13.7 Å². The van der Waals surface area contributed by atoms with E-state index < -0.39 is 11.0 Å². The maximum atomic E-state index is 15.3. The summed E-state index contributed by atoms with van der Waals surface area (Å²) >= 11 is 0. The molecule has 2 unspecified atom stereocenters. The maximum absolute atomic E-state index is 15.3. The quantitative estimate of drug-likeness (QED) is 0.686. The molecule has 0 amide bonds. The third-order valence-electron chi connectivity index (χ3n) is 5.89. The van der Waals surface area contributed by atoms with E-state index in [0.29, 0.717) is 41.0 Å². The zero-order chi connectivity index (χ0) is 20.0. The van der Waals surface area contributed by atoms with Crippen LogP contribution in [0.3, 0.4) is 0 Å². The van der Waals surface area contributed by atoms with E-state index in [9.17, 15) is 9.32 Å². The Labute approximate surface area is 171 Å². The molecular weight excluding hydrogens is 389 g/mol. The molecule has 1 aromatic heterocycles. The largest absolute Gasteiger partial charge is 0.391 e. The number of nitrogens with one attached hydrogen (secondary N) is 1. The highest BCUT2D eigenvalue weighted by molar-refractivity contribution is 7.82. The SMILES string of the molecule is O=S(c1ccc(N2CCC(O)C2)c(-c2[nH]c3ccccc3c2F)c1)N1CCCC1. The van der Waals surface area contributed by atoms with Crippen molar-refractivity contribution in [3.8, 4) is 11.3 Å². The molecule has 2 saturated heterocycles. The van der Waals surface area contributed by atoms with Crippen molar-refractivity contribution in [1.29, 1.82) is 0 Å². The lowest BCUT2D eigenvalue weighted by Crippen LogP contribution is -2.23. The molecule has 2 atom stereocenters. The molecule has 0 aliphatic carbocycles. The van der Waals surface area contributed by atoms with Gasteiger partial charge in [0.05, 0.1) is 16.7 Å². The number of hydrogen-bond acceptors (Lipinski definition) is 3. The normalized spacial score (nSPS) is 21.3. The van der Waals surface area contributed by atoms with Gasteiger partial charge in [0.15, 0.2) is 5.82 Å². The smallest absolute Gasteiger partial charge is 0.156 e. The highest BCUT2D eigenvalue weighted by Crippen LogP contribution is 2.38. The van der Waals surface area contributed by atoms with Crippen molar-refractivity contribution >= 4 is 27.6 Å². The molecule has 7 heteroatoms. The van der Waals surface area contributed by atoms with E-state index in [2.05, 4.69) is 9.88 Å². The molecule has 0 bridgehead atoms. The predicted molar refractivity (Wildman–Crippen MR) is 114 cm³/mol. The number of fused-ring (bicyclic) bond motifs is 1. The lowest BCUT2D eigenvalue weighted by atomic mass is 10.1. The second kappa shape index (κ2) is 7.55. The minimum Gasteiger partial charge on any atom is -0.391 e. The van der Waals surface area contributed by atoms with Crippen molar-refractivity contribution in [3.05, 3.63) is 48.3 Å². The van der Waals surface area contributed by atoms with Crippen LogP contribution in [-0.4, -0.2) is 50.9 Å². The van der Waals surface area contributed by atoms with Gasteiger partial charge in [0.25, 0.3) is 0 Å². The predicted octanol–water partition coefficient (Wildman–Crippen LogP) is 3.66. The zero-order valence-corrected chi connectivity index (χ0v) is 16.9. The second-order valence-electron chi connectivity index (χ2n) is 7.81. The number of halogens is 1. The van der Waals surface area contributed by atoms with Gasteiger partial charge in [-0.05, 0) is 49.6 Å². The molecule has 0 radical (unpaired) electrons. The molecule has 2 fully saturated rings. The van der Waals surface area contributed by atoms with Gasteiger partial charge < -0.3 is 15.0 Å². The third-order valence-corrected chi connectivity index (χ3v) is 7.38. The van der Waals surface area contributed by atoms with Crippen LogP contribution < -0.4 is 4.90 Å². The van der Waals surface area contributed by atoms with E-state index in [1.807, 2.05) is 40.7 Å². The van der Waals surface area contributed by atoms with Crippen molar-refractivity contribution in [2.24, 2.45) is 0 Å². The number of nitrogens with zero attached hydrogens (tertiary/aromatic N) is 2. The zero-order valence-electron chi connectivity index (χ0n) is 16.1. The maximum Gasteiger partial charge on any atom is 0.156 e. The van der Waals surface area contributed by atoms with Gasteiger partial charge in [-0.15, -0.1) is 0 Å². The number of aliphatic hydroxyl groups is 1. The molecule has 2 aliphatic heterocycles. The van der Waals surface area contributed by atoms with Gasteiger partial charge in [0, 0.05) is 48.3 Å². The van der Waals surface area contributed by atoms with E-state index >= 15 is 4.39 Å². The van der Waals surface area contributed by atoms with E-state index in [1.165, 1.54) is 0 Å². The first-order valence-electron chi connectivity index (χ1n) is 10.1. The van der Waals surface area contributed by atoms with Gasteiger partial charge in [0.2, 0.25) is 0 Å². The van der Waals surface area contributed by atoms with Crippen LogP contribution in [0.25, 0.3) is 22.2 Å².